The summed E-state index contributed by atoms with van der Waals surface area (Å²) in [4.78, 5) is 0. The van der Waals surface area contributed by atoms with Gasteiger partial charge < -0.3 is 24.8 Å². The minimum absolute atomic E-state index is 0. The van der Waals surface area contributed by atoms with Gasteiger partial charge in [-0.05, 0) is 0 Å². The van der Waals surface area contributed by atoms with Gasteiger partial charge in [-0.2, -0.15) is 0 Å². The topological polar surface area (TPSA) is 0 Å². The van der Waals surface area contributed by atoms with E-state index in [0.29, 0.717) is 8.16 Å². The predicted octanol–water partition coefficient (Wildman–Crippen LogP) is 0.814. The van der Waals surface area contributed by atoms with E-state index in [-0.39, 0.29) is 24.8 Å². The standard InChI is InChI=1S/C11H17Si.C10H15.2ClH.Zr/c1-3-12(7-4-8-12)11-6-5-10(2)9-11;1-7-6-10(4,5)9(3)8(7)2;;;/h5-6,9H,3-4,7-8H2,1-2H3;1-5H3;2*1H;/q;;;;+2/p-2. The molecule has 0 aromatic heterocycles. The van der Waals surface area contributed by atoms with Crippen molar-refractivity contribution in [3.05, 3.63) is 43.8 Å². The fraction of sp³-hybridized carbons (Fsp3) is 0.619. The van der Waals surface area contributed by atoms with Crippen LogP contribution in [0.25, 0.3) is 0 Å². The smallest absolute Gasteiger partial charge is 1.00 e. The minimum atomic E-state index is -1.12. The Labute approximate surface area is 180 Å². The summed E-state index contributed by atoms with van der Waals surface area (Å²) >= 11 is -0.687. The molecular formula is C21H32Cl2SiZr. The van der Waals surface area contributed by atoms with Gasteiger partial charge in [0.15, 0.2) is 0 Å². The number of hydrogen-bond donors (Lipinski definition) is 0. The molecule has 0 amide bonds. The molecule has 4 heteroatoms. The van der Waals surface area contributed by atoms with Gasteiger partial charge in [-0.1, -0.05) is 0 Å². The van der Waals surface area contributed by atoms with Gasteiger partial charge in [0.2, 0.25) is 0 Å². The minimum Gasteiger partial charge on any atom is -1.00 e. The van der Waals surface area contributed by atoms with E-state index in [1.165, 1.54) is 18.0 Å². The first-order chi connectivity index (χ1) is 10.7. The summed E-state index contributed by atoms with van der Waals surface area (Å²) in [5, 5.41) is 0. The van der Waals surface area contributed by atoms with Crippen LogP contribution in [0.1, 0.15) is 54.9 Å². The van der Waals surface area contributed by atoms with Gasteiger partial charge in [0.25, 0.3) is 0 Å². The van der Waals surface area contributed by atoms with Crippen molar-refractivity contribution >= 4 is 8.07 Å². The van der Waals surface area contributed by atoms with Crippen LogP contribution < -0.4 is 24.8 Å². The second-order valence-corrected chi connectivity index (χ2v) is 18.8. The molecular weight excluding hydrogens is 442 g/mol. The summed E-state index contributed by atoms with van der Waals surface area (Å²) in [7, 11) is -1.12. The van der Waals surface area contributed by atoms with Gasteiger partial charge in [0.05, 0.1) is 0 Å². The summed E-state index contributed by atoms with van der Waals surface area (Å²) in [6, 6.07) is 4.65. The van der Waals surface area contributed by atoms with Gasteiger partial charge in [0, 0.05) is 0 Å². The first-order valence-corrected chi connectivity index (χ1v) is 14.3. The molecule has 2 aliphatic carbocycles. The van der Waals surface area contributed by atoms with Crippen molar-refractivity contribution in [1.82, 2.24) is 0 Å². The molecule has 0 radical (unpaired) electrons. The Bertz CT molecular complexity index is 660. The van der Waals surface area contributed by atoms with E-state index in [1.807, 2.05) is 3.28 Å². The zero-order valence-corrected chi connectivity index (χ0v) is 21.8. The van der Waals surface area contributed by atoms with Crippen molar-refractivity contribution in [3.63, 3.8) is 0 Å². The maximum absolute atomic E-state index is 2.74. The molecule has 1 heterocycles. The van der Waals surface area contributed by atoms with Crippen LogP contribution >= 0.6 is 0 Å². The maximum Gasteiger partial charge on any atom is -1.00 e. The zero-order chi connectivity index (χ0) is 17.0. The van der Waals surface area contributed by atoms with Crippen LogP contribution in [0.5, 0.6) is 0 Å². The van der Waals surface area contributed by atoms with Gasteiger partial charge >= 0.3 is 156 Å². The summed E-state index contributed by atoms with van der Waals surface area (Å²) < 4.78 is 2.45. The molecule has 1 unspecified atom stereocenters. The van der Waals surface area contributed by atoms with E-state index >= 15 is 0 Å². The predicted molar refractivity (Wildman–Crippen MR) is 101 cm³/mol. The fourth-order valence-electron chi connectivity index (χ4n) is 4.97. The average molecular weight is 475 g/mol. The first kappa shape index (κ1) is 23.7. The Hall–Kier alpha value is 0.640. The van der Waals surface area contributed by atoms with Crippen molar-refractivity contribution in [2.24, 2.45) is 5.41 Å². The maximum atomic E-state index is 2.74. The molecule has 0 saturated carbocycles. The Kier molecular flexibility index (Phi) is 7.52. The third-order valence-electron chi connectivity index (χ3n) is 7.32. The molecule has 0 aromatic rings. The summed E-state index contributed by atoms with van der Waals surface area (Å²) in [6.45, 7) is 16.9. The van der Waals surface area contributed by atoms with E-state index < -0.39 is 31.3 Å². The first-order valence-electron chi connectivity index (χ1n) is 9.26. The summed E-state index contributed by atoms with van der Waals surface area (Å²) in [6.07, 6.45) is 9.39. The molecule has 0 N–H and O–H groups in total. The number of hydrogen-bond acceptors (Lipinski definition) is 0. The molecule has 1 atom stereocenters. The van der Waals surface area contributed by atoms with E-state index in [4.69, 9.17) is 0 Å². The van der Waals surface area contributed by atoms with Crippen molar-refractivity contribution in [2.75, 3.05) is 0 Å². The van der Waals surface area contributed by atoms with Crippen molar-refractivity contribution in [3.8, 4) is 0 Å². The van der Waals surface area contributed by atoms with E-state index in [0.717, 1.165) is 0 Å². The molecule has 0 spiro atoms. The van der Waals surface area contributed by atoms with Crippen molar-refractivity contribution < 1.29 is 48.0 Å². The molecule has 0 aromatic carbocycles. The van der Waals surface area contributed by atoms with Crippen LogP contribution in [0.15, 0.2) is 43.8 Å². The average Bonchev–Trinajstić information content (AvgIpc) is 2.89. The molecule has 1 fully saturated rings. The number of rotatable bonds is 4. The van der Waals surface area contributed by atoms with Crippen LogP contribution in [0, 0.1) is 5.41 Å². The molecule has 3 aliphatic rings. The van der Waals surface area contributed by atoms with Gasteiger partial charge in [0.1, 0.15) is 0 Å². The van der Waals surface area contributed by atoms with Crippen LogP contribution in [0.2, 0.25) is 20.9 Å². The Morgan fingerprint density at radius 1 is 1.04 bits per heavy atom. The summed E-state index contributed by atoms with van der Waals surface area (Å²) in [5.74, 6) is 0. The van der Waals surface area contributed by atoms with Crippen LogP contribution in [0.4, 0.5) is 0 Å². The Morgan fingerprint density at radius 3 is 1.96 bits per heavy atom. The largest absolute Gasteiger partial charge is 1.00 e. The third kappa shape index (κ3) is 3.43. The van der Waals surface area contributed by atoms with Gasteiger partial charge in [-0.3, -0.25) is 0 Å². The molecule has 138 valence electrons. The number of halogens is 2. The van der Waals surface area contributed by atoms with Crippen LogP contribution in [-0.2, 0) is 23.2 Å². The molecule has 3 rings (SSSR count). The Balaban J connectivity index is 0.00000156. The van der Waals surface area contributed by atoms with Crippen LogP contribution in [-0.4, -0.2) is 8.07 Å². The second kappa shape index (κ2) is 7.94. The summed E-state index contributed by atoms with van der Waals surface area (Å²) in [5.41, 5.74) is 6.73. The van der Waals surface area contributed by atoms with Gasteiger partial charge in [-0.25, -0.2) is 0 Å². The second-order valence-electron chi connectivity index (χ2n) is 8.58. The van der Waals surface area contributed by atoms with E-state index in [2.05, 4.69) is 66.7 Å². The fourth-order valence-corrected chi connectivity index (χ4v) is 19.7. The Morgan fingerprint density at radius 2 is 1.64 bits per heavy atom. The molecule has 0 bridgehead atoms. The molecule has 1 aliphatic heterocycles. The third-order valence-corrected chi connectivity index (χ3v) is 22.9. The monoisotopic (exact) mass is 472 g/mol. The SMILES string of the molecule is CC[Si]1([C]2([Zr+2][C]3=C(C)C(C)=C(C)C3(C)C)C=CC(C)=C2)CCC1.[Cl-].[Cl-]. The van der Waals surface area contributed by atoms with Crippen molar-refractivity contribution in [1.29, 1.82) is 0 Å². The quantitative estimate of drug-likeness (QED) is 0.529. The van der Waals surface area contributed by atoms with Gasteiger partial charge in [-0.15, -0.1) is 0 Å². The molecule has 0 nitrogen and oxygen atoms in total. The zero-order valence-electron chi connectivity index (χ0n) is 16.8. The van der Waals surface area contributed by atoms with E-state index in [1.54, 1.807) is 28.8 Å². The molecule has 1 saturated heterocycles. The van der Waals surface area contributed by atoms with Crippen LogP contribution in [0.3, 0.4) is 0 Å². The number of allylic oxidation sites excluding steroid dienone is 8. The van der Waals surface area contributed by atoms with E-state index in [9.17, 15) is 0 Å². The molecule has 25 heavy (non-hydrogen) atoms. The normalized spacial score (nSPS) is 28.8. The van der Waals surface area contributed by atoms with Crippen molar-refractivity contribution in [2.45, 2.75) is 75.8 Å².